The number of hydrogen-bond donors (Lipinski definition) is 1. The second-order valence-electron chi connectivity index (χ2n) is 5.07. The van der Waals surface area contributed by atoms with Gasteiger partial charge in [0, 0.05) is 6.42 Å². The van der Waals surface area contributed by atoms with Gasteiger partial charge in [-0.1, -0.05) is 24.3 Å². The molecule has 3 heteroatoms. The molecule has 3 nitrogen and oxygen atoms in total. The van der Waals surface area contributed by atoms with Crippen molar-refractivity contribution in [3.63, 3.8) is 0 Å². The van der Waals surface area contributed by atoms with E-state index < -0.39 is 0 Å². The molecule has 1 heterocycles. The van der Waals surface area contributed by atoms with Crippen LogP contribution in [-0.2, 0) is 6.42 Å². The normalized spacial score (nSPS) is 17.4. The van der Waals surface area contributed by atoms with Crippen molar-refractivity contribution in [2.45, 2.75) is 25.4 Å². The maximum absolute atomic E-state index is 12.0. The highest BCUT2D eigenvalue weighted by atomic mass is 16.5. The maximum atomic E-state index is 12.0. The lowest BCUT2D eigenvalue weighted by molar-refractivity contribution is 0.0839. The molecule has 2 aromatic carbocycles. The van der Waals surface area contributed by atoms with Crippen molar-refractivity contribution in [3.8, 4) is 11.5 Å². The fraction of sp³-hybridized carbons (Fsp3) is 0.235. The largest absolute Gasteiger partial charge is 0.508 e. The summed E-state index contributed by atoms with van der Waals surface area (Å²) in [5.74, 6) is 1.12. The summed E-state index contributed by atoms with van der Waals surface area (Å²) in [6.45, 7) is 0. The molecule has 1 aliphatic rings. The van der Waals surface area contributed by atoms with E-state index in [0.717, 1.165) is 18.4 Å². The Morgan fingerprint density at radius 1 is 1.10 bits per heavy atom. The van der Waals surface area contributed by atoms with Crippen LogP contribution in [-0.4, -0.2) is 17.0 Å². The van der Waals surface area contributed by atoms with Crippen LogP contribution >= 0.6 is 0 Å². The third-order valence-corrected chi connectivity index (χ3v) is 3.59. The van der Waals surface area contributed by atoms with Gasteiger partial charge < -0.3 is 9.84 Å². The molecule has 0 aromatic heterocycles. The van der Waals surface area contributed by atoms with Gasteiger partial charge in [0.25, 0.3) is 0 Å². The van der Waals surface area contributed by atoms with Crippen LogP contribution in [0.15, 0.2) is 48.5 Å². The number of phenols is 1. The van der Waals surface area contributed by atoms with Crippen LogP contribution in [0.1, 0.15) is 28.8 Å². The zero-order valence-electron chi connectivity index (χ0n) is 11.1. The number of rotatable bonds is 3. The average molecular weight is 268 g/mol. The van der Waals surface area contributed by atoms with Gasteiger partial charge in [-0.2, -0.15) is 0 Å². The van der Waals surface area contributed by atoms with Gasteiger partial charge in [0.1, 0.15) is 17.6 Å². The summed E-state index contributed by atoms with van der Waals surface area (Å²) in [7, 11) is 0. The van der Waals surface area contributed by atoms with Gasteiger partial charge in [-0.3, -0.25) is 4.79 Å². The van der Waals surface area contributed by atoms with E-state index in [9.17, 15) is 9.90 Å². The summed E-state index contributed by atoms with van der Waals surface area (Å²) in [5.41, 5.74) is 1.83. The van der Waals surface area contributed by atoms with Gasteiger partial charge in [-0.25, -0.2) is 0 Å². The predicted molar refractivity (Wildman–Crippen MR) is 76.2 cm³/mol. The third kappa shape index (κ3) is 2.67. The Bertz CT molecular complexity index is 616. The van der Waals surface area contributed by atoms with Crippen LogP contribution in [0.4, 0.5) is 0 Å². The van der Waals surface area contributed by atoms with Gasteiger partial charge in [0.15, 0.2) is 5.78 Å². The predicted octanol–water partition coefficient (Wildman–Crippen LogP) is 3.36. The van der Waals surface area contributed by atoms with Crippen LogP contribution in [0.25, 0.3) is 0 Å². The molecule has 0 saturated carbocycles. The highest BCUT2D eigenvalue weighted by molar-refractivity contribution is 5.99. The molecule has 0 bridgehead atoms. The first-order valence-electron chi connectivity index (χ1n) is 6.79. The van der Waals surface area contributed by atoms with Crippen molar-refractivity contribution in [1.82, 2.24) is 0 Å². The molecule has 0 aliphatic carbocycles. The van der Waals surface area contributed by atoms with E-state index in [-0.39, 0.29) is 17.6 Å². The number of ether oxygens (including phenoxy) is 1. The smallest absolute Gasteiger partial charge is 0.170 e. The molecule has 2 aromatic rings. The van der Waals surface area contributed by atoms with E-state index in [2.05, 4.69) is 0 Å². The minimum atomic E-state index is -0.0637. The van der Waals surface area contributed by atoms with Crippen LogP contribution in [0.2, 0.25) is 0 Å². The fourth-order valence-electron chi connectivity index (χ4n) is 2.49. The maximum Gasteiger partial charge on any atom is 0.170 e. The second kappa shape index (κ2) is 5.37. The average Bonchev–Trinajstić information content (AvgIpc) is 2.47. The molecule has 1 aliphatic heterocycles. The highest BCUT2D eigenvalue weighted by Crippen LogP contribution is 2.28. The second-order valence-corrected chi connectivity index (χ2v) is 5.07. The van der Waals surface area contributed by atoms with Gasteiger partial charge in [0.2, 0.25) is 0 Å². The Hall–Kier alpha value is -2.29. The molecule has 0 unspecified atom stereocenters. The van der Waals surface area contributed by atoms with Gasteiger partial charge in [0.05, 0.1) is 5.56 Å². The Balaban J connectivity index is 1.65. The minimum Gasteiger partial charge on any atom is -0.508 e. The first-order valence-corrected chi connectivity index (χ1v) is 6.79. The molecule has 102 valence electrons. The number of phenolic OH excluding ortho intramolecular Hbond substituents is 1. The first kappa shape index (κ1) is 12.7. The lowest BCUT2D eigenvalue weighted by Crippen LogP contribution is -2.27. The van der Waals surface area contributed by atoms with Crippen molar-refractivity contribution in [2.75, 3.05) is 0 Å². The topological polar surface area (TPSA) is 46.5 Å². The Labute approximate surface area is 117 Å². The Morgan fingerprint density at radius 3 is 2.65 bits per heavy atom. The minimum absolute atomic E-state index is 0.0637. The molecule has 20 heavy (non-hydrogen) atoms. The van der Waals surface area contributed by atoms with E-state index in [4.69, 9.17) is 4.74 Å². The van der Waals surface area contributed by atoms with E-state index in [1.165, 1.54) is 0 Å². The zero-order valence-corrected chi connectivity index (χ0v) is 11.1. The quantitative estimate of drug-likeness (QED) is 0.928. The number of aromatic hydroxyl groups is 1. The standard InChI is InChI=1S/C17H16O3/c18-13-8-5-12(6-9-13)7-10-14-11-16(19)15-3-1-2-4-17(15)20-14/h1-6,8-9,14,18H,7,10-11H2/t14-/m1/s1. The third-order valence-electron chi connectivity index (χ3n) is 3.59. The molecule has 0 fully saturated rings. The van der Waals surface area contributed by atoms with Gasteiger partial charge >= 0.3 is 0 Å². The van der Waals surface area contributed by atoms with Crippen molar-refractivity contribution in [3.05, 3.63) is 59.7 Å². The number of carbonyl (C=O) groups excluding carboxylic acids is 1. The lowest BCUT2D eigenvalue weighted by Gasteiger charge is -2.25. The summed E-state index contributed by atoms with van der Waals surface area (Å²) < 4.78 is 5.88. The summed E-state index contributed by atoms with van der Waals surface area (Å²) in [6.07, 6.45) is 2.01. The van der Waals surface area contributed by atoms with Crippen molar-refractivity contribution in [1.29, 1.82) is 0 Å². The van der Waals surface area contributed by atoms with Gasteiger partial charge in [-0.15, -0.1) is 0 Å². The Kier molecular flexibility index (Phi) is 3.42. The molecule has 0 radical (unpaired) electrons. The van der Waals surface area contributed by atoms with Crippen molar-refractivity contribution >= 4 is 5.78 Å². The fourth-order valence-corrected chi connectivity index (χ4v) is 2.49. The number of fused-ring (bicyclic) bond motifs is 1. The van der Waals surface area contributed by atoms with Crippen molar-refractivity contribution < 1.29 is 14.6 Å². The van der Waals surface area contributed by atoms with E-state index in [1.54, 1.807) is 12.1 Å². The summed E-state index contributed by atoms with van der Waals surface area (Å²) in [5, 5.41) is 9.25. The molecule has 0 spiro atoms. The number of carbonyl (C=O) groups is 1. The van der Waals surface area contributed by atoms with E-state index in [1.807, 2.05) is 36.4 Å². The molecular weight excluding hydrogens is 252 g/mol. The first-order chi connectivity index (χ1) is 9.72. The van der Waals surface area contributed by atoms with Crippen LogP contribution in [0.3, 0.4) is 0 Å². The van der Waals surface area contributed by atoms with Crippen LogP contribution in [0, 0.1) is 0 Å². The van der Waals surface area contributed by atoms with E-state index in [0.29, 0.717) is 17.7 Å². The van der Waals surface area contributed by atoms with Crippen LogP contribution in [0.5, 0.6) is 11.5 Å². The number of benzene rings is 2. The highest BCUT2D eigenvalue weighted by Gasteiger charge is 2.25. The number of para-hydroxylation sites is 1. The van der Waals surface area contributed by atoms with E-state index >= 15 is 0 Å². The number of aryl methyl sites for hydroxylation is 1. The van der Waals surface area contributed by atoms with Gasteiger partial charge in [-0.05, 0) is 42.7 Å². The molecule has 0 saturated heterocycles. The summed E-state index contributed by atoms with van der Waals surface area (Å²) in [6, 6.07) is 14.6. The monoisotopic (exact) mass is 268 g/mol. The molecule has 3 rings (SSSR count). The summed E-state index contributed by atoms with van der Waals surface area (Å²) >= 11 is 0. The SMILES string of the molecule is O=C1C[C@@H](CCc2ccc(O)cc2)Oc2ccccc21. The van der Waals surface area contributed by atoms with Crippen LogP contribution < -0.4 is 4.74 Å². The van der Waals surface area contributed by atoms with Crippen molar-refractivity contribution in [2.24, 2.45) is 0 Å². The number of hydrogen-bond acceptors (Lipinski definition) is 3. The molecule has 1 N–H and O–H groups in total. The lowest BCUT2D eigenvalue weighted by atomic mass is 9.97. The number of Topliss-reactive ketones (excluding diaryl/α,β-unsaturated/α-hetero) is 1. The molecule has 1 atom stereocenters. The molecular formula is C17H16O3. The molecule has 0 amide bonds. The Morgan fingerprint density at radius 2 is 1.85 bits per heavy atom. The summed E-state index contributed by atoms with van der Waals surface area (Å²) in [4.78, 5) is 12.0. The number of ketones is 1. The zero-order chi connectivity index (χ0) is 13.9.